The van der Waals surface area contributed by atoms with Gasteiger partial charge in [-0.05, 0) is 36.2 Å². The first kappa shape index (κ1) is 15.5. The molecular weight excluding hydrogens is 292 g/mol. The molecular formula is C18H20N2O3. The summed E-state index contributed by atoms with van der Waals surface area (Å²) in [4.78, 5) is 19.0. The SMILES string of the molecule is COCc1cccc(C(=O)N2CC[C@@H]2c2cccc(OC)c2)n1. The molecule has 1 aliphatic heterocycles. The molecule has 0 bridgehead atoms. The molecule has 1 aromatic heterocycles. The minimum atomic E-state index is -0.0398. The Morgan fingerprint density at radius 1 is 1.26 bits per heavy atom. The predicted octanol–water partition coefficient (Wildman–Crippen LogP) is 2.82. The first-order chi connectivity index (χ1) is 11.2. The molecule has 0 spiro atoms. The summed E-state index contributed by atoms with van der Waals surface area (Å²) in [6.45, 7) is 1.15. The van der Waals surface area contributed by atoms with Crippen molar-refractivity contribution in [1.29, 1.82) is 0 Å². The van der Waals surface area contributed by atoms with E-state index in [1.165, 1.54) is 0 Å². The van der Waals surface area contributed by atoms with E-state index in [9.17, 15) is 4.79 Å². The van der Waals surface area contributed by atoms with Crippen molar-refractivity contribution in [3.63, 3.8) is 0 Å². The van der Waals surface area contributed by atoms with Gasteiger partial charge in [0, 0.05) is 13.7 Å². The summed E-state index contributed by atoms with van der Waals surface area (Å²) in [7, 11) is 3.26. The second-order valence-corrected chi connectivity index (χ2v) is 5.53. The zero-order valence-corrected chi connectivity index (χ0v) is 13.4. The van der Waals surface area contributed by atoms with Crippen molar-refractivity contribution in [1.82, 2.24) is 9.88 Å². The molecule has 0 radical (unpaired) electrons. The fourth-order valence-corrected chi connectivity index (χ4v) is 2.80. The maximum atomic E-state index is 12.7. The molecule has 1 aliphatic rings. The van der Waals surface area contributed by atoms with Crippen LogP contribution in [0.25, 0.3) is 0 Å². The van der Waals surface area contributed by atoms with E-state index in [0.717, 1.165) is 30.0 Å². The largest absolute Gasteiger partial charge is 0.497 e. The number of carbonyl (C=O) groups excluding carboxylic acids is 1. The number of benzene rings is 1. The number of nitrogens with zero attached hydrogens (tertiary/aromatic N) is 2. The van der Waals surface area contributed by atoms with E-state index in [4.69, 9.17) is 9.47 Å². The summed E-state index contributed by atoms with van der Waals surface area (Å²) < 4.78 is 10.3. The Kier molecular flexibility index (Phi) is 4.57. The molecule has 3 rings (SSSR count). The first-order valence-corrected chi connectivity index (χ1v) is 7.62. The molecule has 1 fully saturated rings. The topological polar surface area (TPSA) is 51.7 Å². The predicted molar refractivity (Wildman–Crippen MR) is 86.3 cm³/mol. The summed E-state index contributed by atoms with van der Waals surface area (Å²) in [5.41, 5.74) is 2.32. The highest BCUT2D eigenvalue weighted by Gasteiger charge is 2.34. The van der Waals surface area contributed by atoms with E-state index < -0.39 is 0 Å². The third-order valence-corrected chi connectivity index (χ3v) is 4.08. The van der Waals surface area contributed by atoms with Crippen molar-refractivity contribution in [2.75, 3.05) is 20.8 Å². The fraction of sp³-hybridized carbons (Fsp3) is 0.333. The third kappa shape index (κ3) is 3.19. The van der Waals surface area contributed by atoms with Crippen molar-refractivity contribution >= 4 is 5.91 Å². The van der Waals surface area contributed by atoms with Crippen molar-refractivity contribution in [3.05, 3.63) is 59.4 Å². The number of likely N-dealkylation sites (tertiary alicyclic amines) is 1. The number of amides is 1. The second-order valence-electron chi connectivity index (χ2n) is 5.53. The van der Waals surface area contributed by atoms with Crippen LogP contribution >= 0.6 is 0 Å². The maximum absolute atomic E-state index is 12.7. The molecule has 23 heavy (non-hydrogen) atoms. The van der Waals surface area contributed by atoms with Crippen LogP contribution in [0.5, 0.6) is 5.75 Å². The van der Waals surface area contributed by atoms with Gasteiger partial charge in [0.05, 0.1) is 25.5 Å². The number of carbonyl (C=O) groups is 1. The monoisotopic (exact) mass is 312 g/mol. The van der Waals surface area contributed by atoms with Crippen molar-refractivity contribution in [3.8, 4) is 5.75 Å². The van der Waals surface area contributed by atoms with E-state index in [2.05, 4.69) is 4.98 Å². The standard InChI is InChI=1S/C18H20N2O3/c1-22-12-14-6-4-8-16(19-14)18(21)20-10-9-17(20)13-5-3-7-15(11-13)23-2/h3-8,11,17H,9-10,12H2,1-2H3/t17-/m1/s1. The quantitative estimate of drug-likeness (QED) is 0.852. The minimum Gasteiger partial charge on any atom is -0.497 e. The van der Waals surface area contributed by atoms with Crippen molar-refractivity contribution in [2.24, 2.45) is 0 Å². The van der Waals surface area contributed by atoms with Crippen molar-refractivity contribution in [2.45, 2.75) is 19.1 Å². The number of rotatable bonds is 5. The number of ether oxygens (including phenoxy) is 2. The average Bonchev–Trinajstić information content (AvgIpc) is 2.54. The van der Waals surface area contributed by atoms with Crippen LogP contribution in [-0.2, 0) is 11.3 Å². The smallest absolute Gasteiger partial charge is 0.272 e. The normalized spacial score (nSPS) is 16.8. The van der Waals surface area contributed by atoms with Crippen LogP contribution in [-0.4, -0.2) is 36.6 Å². The van der Waals surface area contributed by atoms with Crippen molar-refractivity contribution < 1.29 is 14.3 Å². The zero-order chi connectivity index (χ0) is 16.2. The molecule has 1 aromatic carbocycles. The van der Waals surface area contributed by atoms with Gasteiger partial charge in [0.25, 0.3) is 5.91 Å². The molecule has 0 N–H and O–H groups in total. The van der Waals surface area contributed by atoms with Crippen LogP contribution < -0.4 is 4.74 Å². The Bertz CT molecular complexity index is 702. The molecule has 1 saturated heterocycles. The zero-order valence-electron chi connectivity index (χ0n) is 13.4. The molecule has 1 atom stereocenters. The lowest BCUT2D eigenvalue weighted by Gasteiger charge is -2.41. The van der Waals surface area contributed by atoms with E-state index in [-0.39, 0.29) is 11.9 Å². The lowest BCUT2D eigenvalue weighted by Crippen LogP contribution is -2.45. The van der Waals surface area contributed by atoms with Gasteiger partial charge < -0.3 is 14.4 Å². The Morgan fingerprint density at radius 3 is 2.78 bits per heavy atom. The van der Waals surface area contributed by atoms with Crippen LogP contribution in [0.4, 0.5) is 0 Å². The lowest BCUT2D eigenvalue weighted by atomic mass is 9.94. The number of hydrogen-bond acceptors (Lipinski definition) is 4. The van der Waals surface area contributed by atoms with Gasteiger partial charge in [-0.25, -0.2) is 4.98 Å². The summed E-state index contributed by atoms with van der Waals surface area (Å²) in [6.07, 6.45) is 0.955. The highest BCUT2D eigenvalue weighted by Crippen LogP contribution is 2.35. The van der Waals surface area contributed by atoms with Gasteiger partial charge in [0.1, 0.15) is 11.4 Å². The fourth-order valence-electron chi connectivity index (χ4n) is 2.80. The molecule has 0 saturated carbocycles. The second kappa shape index (κ2) is 6.79. The Labute approximate surface area is 135 Å². The van der Waals surface area contributed by atoms with E-state index in [1.54, 1.807) is 20.3 Å². The summed E-state index contributed by atoms with van der Waals surface area (Å²) >= 11 is 0. The Hall–Kier alpha value is -2.40. The van der Waals surface area contributed by atoms with E-state index in [0.29, 0.717) is 12.3 Å². The van der Waals surface area contributed by atoms with Crippen LogP contribution in [0.2, 0.25) is 0 Å². The summed E-state index contributed by atoms with van der Waals surface area (Å²) in [5, 5.41) is 0. The van der Waals surface area contributed by atoms with Gasteiger partial charge in [0.15, 0.2) is 0 Å². The van der Waals surface area contributed by atoms with E-state index in [1.807, 2.05) is 41.3 Å². The van der Waals surface area contributed by atoms with Gasteiger partial charge >= 0.3 is 0 Å². The van der Waals surface area contributed by atoms with Gasteiger partial charge in [0.2, 0.25) is 0 Å². The Balaban J connectivity index is 1.78. The average molecular weight is 312 g/mol. The van der Waals surface area contributed by atoms with Gasteiger partial charge in [-0.3, -0.25) is 4.79 Å². The summed E-state index contributed by atoms with van der Waals surface area (Å²) in [6, 6.07) is 13.4. The number of hydrogen-bond donors (Lipinski definition) is 0. The Morgan fingerprint density at radius 2 is 2.09 bits per heavy atom. The highest BCUT2D eigenvalue weighted by molar-refractivity contribution is 5.93. The van der Waals surface area contributed by atoms with Crippen LogP contribution in [0.3, 0.4) is 0 Å². The molecule has 120 valence electrons. The maximum Gasteiger partial charge on any atom is 0.272 e. The molecule has 2 aromatic rings. The summed E-state index contributed by atoms with van der Waals surface area (Å²) in [5.74, 6) is 0.768. The number of aromatic nitrogens is 1. The molecule has 2 heterocycles. The van der Waals surface area contributed by atoms with E-state index >= 15 is 0 Å². The number of pyridine rings is 1. The first-order valence-electron chi connectivity index (χ1n) is 7.62. The highest BCUT2D eigenvalue weighted by atomic mass is 16.5. The van der Waals surface area contributed by atoms with Gasteiger partial charge in [-0.15, -0.1) is 0 Å². The molecule has 0 aliphatic carbocycles. The van der Waals surface area contributed by atoms with Gasteiger partial charge in [-0.2, -0.15) is 0 Å². The minimum absolute atomic E-state index is 0.0398. The molecule has 5 nitrogen and oxygen atoms in total. The molecule has 0 unspecified atom stereocenters. The molecule has 1 amide bonds. The van der Waals surface area contributed by atoms with Crippen LogP contribution in [0.1, 0.15) is 34.2 Å². The molecule has 5 heteroatoms. The number of methoxy groups -OCH3 is 2. The third-order valence-electron chi connectivity index (χ3n) is 4.08. The van der Waals surface area contributed by atoms with Crippen LogP contribution in [0.15, 0.2) is 42.5 Å². The van der Waals surface area contributed by atoms with Crippen LogP contribution in [0, 0.1) is 0 Å². The van der Waals surface area contributed by atoms with Gasteiger partial charge in [-0.1, -0.05) is 18.2 Å². The lowest BCUT2D eigenvalue weighted by molar-refractivity contribution is 0.0453.